The first-order valence-electron chi connectivity index (χ1n) is 7.46. The fourth-order valence-electron chi connectivity index (χ4n) is 1.95. The standard InChI is InChI=1S/C17H29NO3/c1-13(11-19)18(5)10-15(20)12-21-16-8-6-14(7-9-16)17(2,3)4/h6-9,13,15,19-20H,10-12H2,1-5H3. The second-order valence-corrected chi connectivity index (χ2v) is 6.71. The lowest BCUT2D eigenvalue weighted by Crippen LogP contribution is -2.39. The highest BCUT2D eigenvalue weighted by atomic mass is 16.5. The number of nitrogens with zero attached hydrogens (tertiary/aromatic N) is 1. The van der Waals surface area contributed by atoms with Gasteiger partial charge in [0, 0.05) is 12.6 Å². The summed E-state index contributed by atoms with van der Waals surface area (Å²) in [6.07, 6.45) is -0.578. The molecule has 0 radical (unpaired) electrons. The number of aliphatic hydroxyl groups excluding tert-OH is 2. The largest absolute Gasteiger partial charge is 0.491 e. The molecule has 0 aliphatic carbocycles. The normalized spacial score (nSPS) is 15.0. The predicted octanol–water partition coefficient (Wildman–Crippen LogP) is 2.04. The van der Waals surface area contributed by atoms with E-state index in [0.717, 1.165) is 5.75 Å². The summed E-state index contributed by atoms with van der Waals surface area (Å²) >= 11 is 0. The third-order valence-corrected chi connectivity index (χ3v) is 3.68. The van der Waals surface area contributed by atoms with Crippen LogP contribution in [-0.4, -0.2) is 54.1 Å². The number of likely N-dealkylation sites (N-methyl/N-ethyl adjacent to an activating group) is 1. The lowest BCUT2D eigenvalue weighted by atomic mass is 9.87. The molecule has 0 amide bonds. The Bertz CT molecular complexity index is 411. The van der Waals surface area contributed by atoms with Gasteiger partial charge in [0.2, 0.25) is 0 Å². The summed E-state index contributed by atoms with van der Waals surface area (Å²) in [6.45, 7) is 9.23. The molecule has 0 aliphatic heterocycles. The van der Waals surface area contributed by atoms with E-state index in [1.807, 2.05) is 31.0 Å². The molecule has 120 valence electrons. The summed E-state index contributed by atoms with van der Waals surface area (Å²) in [5.74, 6) is 0.764. The van der Waals surface area contributed by atoms with Crippen molar-refractivity contribution in [1.29, 1.82) is 0 Å². The summed E-state index contributed by atoms with van der Waals surface area (Å²) in [5, 5.41) is 19.0. The van der Waals surface area contributed by atoms with E-state index in [4.69, 9.17) is 9.84 Å². The lowest BCUT2D eigenvalue weighted by Gasteiger charge is -2.25. The van der Waals surface area contributed by atoms with Crippen molar-refractivity contribution in [2.45, 2.75) is 45.3 Å². The molecule has 0 aliphatic rings. The van der Waals surface area contributed by atoms with Gasteiger partial charge < -0.3 is 14.9 Å². The second kappa shape index (κ2) is 7.78. The topological polar surface area (TPSA) is 52.9 Å². The maximum atomic E-state index is 9.96. The van der Waals surface area contributed by atoms with Crippen molar-refractivity contribution in [1.82, 2.24) is 4.90 Å². The third-order valence-electron chi connectivity index (χ3n) is 3.68. The number of hydrogen-bond acceptors (Lipinski definition) is 4. The van der Waals surface area contributed by atoms with Crippen LogP contribution in [0.4, 0.5) is 0 Å². The van der Waals surface area contributed by atoms with Gasteiger partial charge >= 0.3 is 0 Å². The van der Waals surface area contributed by atoms with Crippen molar-refractivity contribution in [2.75, 3.05) is 26.8 Å². The average Bonchev–Trinajstić information content (AvgIpc) is 2.43. The summed E-state index contributed by atoms with van der Waals surface area (Å²) in [7, 11) is 1.88. The first-order chi connectivity index (χ1) is 9.74. The molecule has 1 rings (SSSR count). The molecule has 4 nitrogen and oxygen atoms in total. The Morgan fingerprint density at radius 2 is 1.76 bits per heavy atom. The van der Waals surface area contributed by atoms with Crippen LogP contribution in [0.5, 0.6) is 5.75 Å². The zero-order valence-corrected chi connectivity index (χ0v) is 13.8. The van der Waals surface area contributed by atoms with Crippen molar-refractivity contribution in [3.8, 4) is 5.75 Å². The van der Waals surface area contributed by atoms with E-state index in [-0.39, 0.29) is 24.7 Å². The van der Waals surface area contributed by atoms with E-state index < -0.39 is 6.10 Å². The number of rotatable bonds is 7. The lowest BCUT2D eigenvalue weighted by molar-refractivity contribution is 0.0543. The molecule has 4 heteroatoms. The Kier molecular flexibility index (Phi) is 6.65. The van der Waals surface area contributed by atoms with Gasteiger partial charge in [0.15, 0.2) is 0 Å². The highest BCUT2D eigenvalue weighted by Gasteiger charge is 2.15. The van der Waals surface area contributed by atoms with E-state index in [0.29, 0.717) is 6.54 Å². The summed E-state index contributed by atoms with van der Waals surface area (Å²) in [5.41, 5.74) is 1.38. The minimum absolute atomic E-state index is 0.0331. The van der Waals surface area contributed by atoms with Crippen LogP contribution in [0.2, 0.25) is 0 Å². The molecule has 2 atom stereocenters. The predicted molar refractivity (Wildman–Crippen MR) is 85.8 cm³/mol. The fraction of sp³-hybridized carbons (Fsp3) is 0.647. The molecule has 1 aromatic carbocycles. The Hall–Kier alpha value is -1.10. The highest BCUT2D eigenvalue weighted by Crippen LogP contribution is 2.24. The van der Waals surface area contributed by atoms with Crippen molar-refractivity contribution in [3.05, 3.63) is 29.8 Å². The molecule has 0 spiro atoms. The van der Waals surface area contributed by atoms with Crippen LogP contribution in [0.25, 0.3) is 0 Å². The first-order valence-corrected chi connectivity index (χ1v) is 7.46. The van der Waals surface area contributed by atoms with Crippen LogP contribution < -0.4 is 4.74 Å². The van der Waals surface area contributed by atoms with Gasteiger partial charge in [-0.25, -0.2) is 0 Å². The minimum atomic E-state index is -0.578. The van der Waals surface area contributed by atoms with Crippen molar-refractivity contribution < 1.29 is 14.9 Å². The molecule has 0 saturated heterocycles. The number of benzene rings is 1. The fourth-order valence-corrected chi connectivity index (χ4v) is 1.95. The molecular weight excluding hydrogens is 266 g/mol. The molecular formula is C17H29NO3. The van der Waals surface area contributed by atoms with Crippen LogP contribution in [0.3, 0.4) is 0 Å². The number of hydrogen-bond donors (Lipinski definition) is 2. The summed E-state index contributed by atoms with van der Waals surface area (Å²) in [4.78, 5) is 1.91. The van der Waals surface area contributed by atoms with Gasteiger partial charge in [-0.15, -0.1) is 0 Å². The molecule has 0 saturated carbocycles. The smallest absolute Gasteiger partial charge is 0.119 e. The van der Waals surface area contributed by atoms with Crippen molar-refractivity contribution in [2.24, 2.45) is 0 Å². The van der Waals surface area contributed by atoms with Gasteiger partial charge in [-0.05, 0) is 37.1 Å². The average molecular weight is 295 g/mol. The number of ether oxygens (including phenoxy) is 1. The third kappa shape index (κ3) is 6.04. The Morgan fingerprint density at radius 1 is 1.19 bits per heavy atom. The Morgan fingerprint density at radius 3 is 2.24 bits per heavy atom. The maximum absolute atomic E-state index is 9.96. The molecule has 2 N–H and O–H groups in total. The molecule has 0 aromatic heterocycles. The van der Waals surface area contributed by atoms with E-state index in [2.05, 4.69) is 32.9 Å². The molecule has 0 bridgehead atoms. The number of aliphatic hydroxyl groups is 2. The van der Waals surface area contributed by atoms with E-state index in [1.54, 1.807) is 0 Å². The second-order valence-electron chi connectivity index (χ2n) is 6.71. The minimum Gasteiger partial charge on any atom is -0.491 e. The SMILES string of the molecule is CC(CO)N(C)CC(O)COc1ccc(C(C)(C)C)cc1. The van der Waals surface area contributed by atoms with Gasteiger partial charge in [0.05, 0.1) is 6.61 Å². The van der Waals surface area contributed by atoms with Gasteiger partial charge in [-0.2, -0.15) is 0 Å². The van der Waals surface area contributed by atoms with E-state index >= 15 is 0 Å². The van der Waals surface area contributed by atoms with Gasteiger partial charge in [-0.3, -0.25) is 4.90 Å². The zero-order valence-electron chi connectivity index (χ0n) is 13.8. The zero-order chi connectivity index (χ0) is 16.0. The van der Waals surface area contributed by atoms with Crippen LogP contribution in [0.15, 0.2) is 24.3 Å². The quantitative estimate of drug-likeness (QED) is 0.808. The van der Waals surface area contributed by atoms with Crippen molar-refractivity contribution in [3.63, 3.8) is 0 Å². The highest BCUT2D eigenvalue weighted by molar-refractivity contribution is 5.31. The monoisotopic (exact) mass is 295 g/mol. The van der Waals surface area contributed by atoms with E-state index in [9.17, 15) is 5.11 Å². The van der Waals surface area contributed by atoms with Gasteiger partial charge in [0.25, 0.3) is 0 Å². The van der Waals surface area contributed by atoms with Crippen LogP contribution in [0.1, 0.15) is 33.3 Å². The Balaban J connectivity index is 2.44. The van der Waals surface area contributed by atoms with Crippen molar-refractivity contribution >= 4 is 0 Å². The molecule has 2 unspecified atom stereocenters. The maximum Gasteiger partial charge on any atom is 0.119 e. The molecule has 0 fully saturated rings. The van der Waals surface area contributed by atoms with Gasteiger partial charge in [0.1, 0.15) is 18.5 Å². The van der Waals surface area contributed by atoms with Gasteiger partial charge in [-0.1, -0.05) is 32.9 Å². The van der Waals surface area contributed by atoms with E-state index in [1.165, 1.54) is 5.56 Å². The van der Waals surface area contributed by atoms with Crippen LogP contribution in [-0.2, 0) is 5.41 Å². The van der Waals surface area contributed by atoms with Crippen LogP contribution in [0, 0.1) is 0 Å². The first kappa shape index (κ1) is 18.0. The Labute approximate surface area is 128 Å². The molecule has 0 heterocycles. The summed E-state index contributed by atoms with van der Waals surface area (Å²) in [6, 6.07) is 8.02. The van der Waals surface area contributed by atoms with Crippen LogP contribution >= 0.6 is 0 Å². The molecule has 1 aromatic rings. The summed E-state index contributed by atoms with van der Waals surface area (Å²) < 4.78 is 5.61. The molecule has 21 heavy (non-hydrogen) atoms.